The molecule has 4 heteroatoms. The Morgan fingerprint density at radius 1 is 1.22 bits per heavy atom. The van der Waals surface area contributed by atoms with Crippen molar-refractivity contribution >= 4 is 10.9 Å². The molecule has 0 aliphatic heterocycles. The fourth-order valence-electron chi connectivity index (χ4n) is 3.12. The maximum absolute atomic E-state index is 14.8. The van der Waals surface area contributed by atoms with Gasteiger partial charge in [0.15, 0.2) is 0 Å². The Kier molecular flexibility index (Phi) is 4.35. The molecule has 0 aliphatic carbocycles. The van der Waals surface area contributed by atoms with Crippen LogP contribution in [0.3, 0.4) is 0 Å². The second-order valence-corrected chi connectivity index (χ2v) is 5.65. The molecule has 23 heavy (non-hydrogen) atoms. The summed E-state index contributed by atoms with van der Waals surface area (Å²) in [5.74, 6) is 0.511. The van der Waals surface area contributed by atoms with Crippen molar-refractivity contribution in [1.82, 2.24) is 9.88 Å². The van der Waals surface area contributed by atoms with Crippen LogP contribution >= 0.6 is 0 Å². The summed E-state index contributed by atoms with van der Waals surface area (Å²) in [5, 5.41) is 4.01. The second-order valence-electron chi connectivity index (χ2n) is 5.65. The van der Waals surface area contributed by atoms with E-state index < -0.39 is 0 Å². The summed E-state index contributed by atoms with van der Waals surface area (Å²) >= 11 is 0. The van der Waals surface area contributed by atoms with Crippen LogP contribution in [-0.4, -0.2) is 25.3 Å². The van der Waals surface area contributed by atoms with E-state index in [1.54, 1.807) is 13.2 Å². The van der Waals surface area contributed by atoms with E-state index in [0.29, 0.717) is 5.52 Å². The number of ether oxygens (including phenoxy) is 1. The normalized spacial score (nSPS) is 11.1. The molecule has 3 nitrogen and oxygen atoms in total. The van der Waals surface area contributed by atoms with E-state index in [-0.39, 0.29) is 5.82 Å². The average Bonchev–Trinajstić information content (AvgIpc) is 2.91. The van der Waals surface area contributed by atoms with Crippen LogP contribution in [0, 0.1) is 5.82 Å². The van der Waals surface area contributed by atoms with Gasteiger partial charge in [-0.2, -0.15) is 0 Å². The topological polar surface area (TPSA) is 26.2 Å². The van der Waals surface area contributed by atoms with Gasteiger partial charge in [-0.05, 0) is 37.2 Å². The van der Waals surface area contributed by atoms with Crippen LogP contribution in [0.1, 0.15) is 5.56 Å². The van der Waals surface area contributed by atoms with E-state index in [0.717, 1.165) is 40.8 Å². The zero-order valence-electron chi connectivity index (χ0n) is 13.7. The highest BCUT2D eigenvalue weighted by atomic mass is 19.1. The number of rotatable bonds is 5. The van der Waals surface area contributed by atoms with E-state index in [9.17, 15) is 4.39 Å². The molecule has 1 N–H and O–H groups in total. The van der Waals surface area contributed by atoms with Gasteiger partial charge in [0.2, 0.25) is 0 Å². The van der Waals surface area contributed by atoms with E-state index >= 15 is 0 Å². The molecule has 0 aliphatic rings. The standard InChI is InChI=1S/C19H21FN2O/c1-21-10-9-14-12-22(2)18-16(20)11-15(19(23-3)17(14)18)13-7-5-4-6-8-13/h4-8,11-12,21H,9-10H2,1-3H3. The molecule has 0 radical (unpaired) electrons. The molecule has 0 spiro atoms. The summed E-state index contributed by atoms with van der Waals surface area (Å²) in [6.45, 7) is 0.833. The molecule has 0 saturated carbocycles. The molecule has 0 amide bonds. The molecule has 3 rings (SSSR count). The van der Waals surface area contributed by atoms with Crippen molar-refractivity contribution in [2.24, 2.45) is 7.05 Å². The van der Waals surface area contributed by atoms with Crippen LogP contribution in [0.2, 0.25) is 0 Å². The zero-order chi connectivity index (χ0) is 16.4. The van der Waals surface area contributed by atoms with Crippen LogP contribution in [0.4, 0.5) is 4.39 Å². The molecule has 3 aromatic rings. The lowest BCUT2D eigenvalue weighted by Gasteiger charge is -2.13. The van der Waals surface area contributed by atoms with Gasteiger partial charge < -0.3 is 14.6 Å². The zero-order valence-corrected chi connectivity index (χ0v) is 13.7. The fourth-order valence-corrected chi connectivity index (χ4v) is 3.12. The smallest absolute Gasteiger partial charge is 0.148 e. The van der Waals surface area contributed by atoms with Gasteiger partial charge in [0, 0.05) is 24.2 Å². The van der Waals surface area contributed by atoms with Gasteiger partial charge in [-0.25, -0.2) is 4.39 Å². The SMILES string of the molecule is CNCCc1cn(C)c2c(F)cc(-c3ccccc3)c(OC)c12. The molecule has 1 heterocycles. The van der Waals surface area contributed by atoms with Gasteiger partial charge in [0.1, 0.15) is 11.6 Å². The first-order chi connectivity index (χ1) is 11.2. The van der Waals surface area contributed by atoms with Crippen molar-refractivity contribution in [3.8, 4) is 16.9 Å². The number of likely N-dealkylation sites (N-methyl/N-ethyl adjacent to an activating group) is 1. The minimum Gasteiger partial charge on any atom is -0.495 e. The highest BCUT2D eigenvalue weighted by Gasteiger charge is 2.20. The fraction of sp³-hybridized carbons (Fsp3) is 0.263. The minimum absolute atomic E-state index is 0.224. The van der Waals surface area contributed by atoms with E-state index in [1.807, 2.05) is 55.2 Å². The number of fused-ring (bicyclic) bond motifs is 1. The molecule has 0 fully saturated rings. The largest absolute Gasteiger partial charge is 0.495 e. The summed E-state index contributed by atoms with van der Waals surface area (Å²) in [7, 11) is 5.43. The maximum Gasteiger partial charge on any atom is 0.148 e. The van der Waals surface area contributed by atoms with Crippen LogP contribution in [0.25, 0.3) is 22.0 Å². The molecule has 2 aromatic carbocycles. The van der Waals surface area contributed by atoms with E-state index in [1.165, 1.54) is 0 Å². The number of benzene rings is 2. The van der Waals surface area contributed by atoms with Gasteiger partial charge in [-0.15, -0.1) is 0 Å². The molecule has 0 saturated heterocycles. The lowest BCUT2D eigenvalue weighted by atomic mass is 9.99. The number of hydrogen-bond donors (Lipinski definition) is 1. The Hall–Kier alpha value is -2.33. The summed E-state index contributed by atoms with van der Waals surface area (Å²) in [6, 6.07) is 11.4. The number of aryl methyl sites for hydroxylation is 1. The number of nitrogens with zero attached hydrogens (tertiary/aromatic N) is 1. The van der Waals surface area contributed by atoms with Gasteiger partial charge in [0.05, 0.1) is 12.6 Å². The molecule has 0 atom stereocenters. The van der Waals surface area contributed by atoms with E-state index in [4.69, 9.17) is 4.74 Å². The Labute approximate surface area is 135 Å². The molecule has 1 aromatic heterocycles. The number of halogens is 1. The Balaban J connectivity index is 2.31. The van der Waals surface area contributed by atoms with Gasteiger partial charge in [-0.3, -0.25) is 0 Å². The van der Waals surface area contributed by atoms with Crippen LogP contribution < -0.4 is 10.1 Å². The van der Waals surface area contributed by atoms with E-state index in [2.05, 4.69) is 5.32 Å². The summed E-state index contributed by atoms with van der Waals surface area (Å²) in [5.41, 5.74) is 3.42. The van der Waals surface area contributed by atoms with Gasteiger partial charge in [0.25, 0.3) is 0 Å². The summed E-state index contributed by atoms with van der Waals surface area (Å²) in [6.07, 6.45) is 2.81. The highest BCUT2D eigenvalue weighted by Crippen LogP contribution is 2.40. The van der Waals surface area contributed by atoms with Gasteiger partial charge >= 0.3 is 0 Å². The lowest BCUT2D eigenvalue weighted by Crippen LogP contribution is -2.10. The summed E-state index contributed by atoms with van der Waals surface area (Å²) < 4.78 is 22.3. The van der Waals surface area contributed by atoms with Crippen molar-refractivity contribution in [3.05, 3.63) is 54.0 Å². The van der Waals surface area contributed by atoms with Crippen LogP contribution in [0.15, 0.2) is 42.6 Å². The Bertz CT molecular complexity index is 824. The number of methoxy groups -OCH3 is 1. The quantitative estimate of drug-likeness (QED) is 0.776. The third kappa shape index (κ3) is 2.70. The highest BCUT2D eigenvalue weighted by molar-refractivity contribution is 5.97. The van der Waals surface area contributed by atoms with Crippen molar-refractivity contribution in [1.29, 1.82) is 0 Å². The third-order valence-electron chi connectivity index (χ3n) is 4.16. The minimum atomic E-state index is -0.224. The maximum atomic E-state index is 14.8. The molecular weight excluding hydrogens is 291 g/mol. The summed E-state index contributed by atoms with van der Waals surface area (Å²) in [4.78, 5) is 0. The molecule has 120 valence electrons. The monoisotopic (exact) mass is 312 g/mol. The van der Waals surface area contributed by atoms with Crippen LogP contribution in [-0.2, 0) is 13.5 Å². The molecular formula is C19H21FN2O. The predicted octanol–water partition coefficient (Wildman–Crippen LogP) is 3.75. The first-order valence-electron chi connectivity index (χ1n) is 7.71. The number of aromatic nitrogens is 1. The Morgan fingerprint density at radius 2 is 1.96 bits per heavy atom. The third-order valence-corrected chi connectivity index (χ3v) is 4.16. The predicted molar refractivity (Wildman–Crippen MR) is 92.5 cm³/mol. The van der Waals surface area contributed by atoms with Crippen molar-refractivity contribution < 1.29 is 9.13 Å². The number of nitrogens with one attached hydrogen (secondary N) is 1. The first-order valence-corrected chi connectivity index (χ1v) is 7.71. The van der Waals surface area contributed by atoms with Crippen molar-refractivity contribution in [2.45, 2.75) is 6.42 Å². The second kappa shape index (κ2) is 6.42. The molecule has 0 unspecified atom stereocenters. The molecule has 0 bridgehead atoms. The van der Waals surface area contributed by atoms with Gasteiger partial charge in [-0.1, -0.05) is 30.3 Å². The van der Waals surface area contributed by atoms with Crippen molar-refractivity contribution in [2.75, 3.05) is 20.7 Å². The Morgan fingerprint density at radius 3 is 2.61 bits per heavy atom. The lowest BCUT2D eigenvalue weighted by molar-refractivity contribution is 0.420. The first kappa shape index (κ1) is 15.6. The van der Waals surface area contributed by atoms with Crippen LogP contribution in [0.5, 0.6) is 5.75 Å². The van der Waals surface area contributed by atoms with Crippen molar-refractivity contribution in [3.63, 3.8) is 0 Å². The number of hydrogen-bond acceptors (Lipinski definition) is 2. The average molecular weight is 312 g/mol.